The second-order valence-corrected chi connectivity index (χ2v) is 7.56. The van der Waals surface area contributed by atoms with E-state index in [0.717, 1.165) is 43.2 Å². The molecule has 1 aliphatic heterocycles. The van der Waals surface area contributed by atoms with Gasteiger partial charge in [-0.3, -0.25) is 19.1 Å². The Hall–Kier alpha value is -2.09. The molecule has 0 aromatic carbocycles. The van der Waals surface area contributed by atoms with Crippen LogP contribution in [0.5, 0.6) is 0 Å². The second-order valence-electron chi connectivity index (χ2n) is 7.56. The summed E-state index contributed by atoms with van der Waals surface area (Å²) in [6.07, 6.45) is 0.944. The van der Waals surface area contributed by atoms with Gasteiger partial charge in [0, 0.05) is 19.2 Å². The average Bonchev–Trinajstić information content (AvgIpc) is 3.12. The molecule has 0 radical (unpaired) electrons. The first-order chi connectivity index (χ1) is 14.9. The largest absolute Gasteiger partial charge is 0.394 e. The molecule has 31 heavy (non-hydrogen) atoms. The van der Waals surface area contributed by atoms with Crippen LogP contribution in [-0.2, 0) is 4.74 Å². The minimum Gasteiger partial charge on any atom is -0.394 e. The third-order valence-corrected chi connectivity index (χ3v) is 5.20. The van der Waals surface area contributed by atoms with E-state index in [-0.39, 0.29) is 12.0 Å². The lowest BCUT2D eigenvalue weighted by atomic mass is 10.2. The molecule has 1 aromatic rings. The zero-order chi connectivity index (χ0) is 22.8. The molecular weight excluding hydrogens is 408 g/mol. The molecule has 12 heteroatoms. The third-order valence-electron chi connectivity index (χ3n) is 5.20. The highest BCUT2D eigenvalue weighted by atomic mass is 16.5. The predicted octanol–water partition coefficient (Wildman–Crippen LogP) is -2.70. The minimum absolute atomic E-state index is 0.0552. The first-order valence-corrected chi connectivity index (χ1v) is 10.6. The van der Waals surface area contributed by atoms with E-state index in [0.29, 0.717) is 26.1 Å². The fourth-order valence-electron chi connectivity index (χ4n) is 3.48. The van der Waals surface area contributed by atoms with E-state index in [1.54, 1.807) is 0 Å². The normalized spacial score (nSPS) is 21.0. The minimum atomic E-state index is -0.951. The van der Waals surface area contributed by atoms with Gasteiger partial charge < -0.3 is 36.6 Å². The monoisotopic (exact) mass is 442 g/mol. The van der Waals surface area contributed by atoms with Crippen LogP contribution < -0.4 is 28.0 Å². The summed E-state index contributed by atoms with van der Waals surface area (Å²) in [4.78, 5) is 41.1. The van der Waals surface area contributed by atoms with Gasteiger partial charge in [-0.2, -0.15) is 0 Å². The van der Waals surface area contributed by atoms with Gasteiger partial charge in [0.2, 0.25) is 0 Å². The number of aliphatic hydroxyl groups excluding tert-OH is 2. The van der Waals surface area contributed by atoms with Crippen molar-refractivity contribution in [2.45, 2.75) is 44.1 Å². The number of aliphatic hydroxyl groups is 2. The summed E-state index contributed by atoms with van der Waals surface area (Å²) >= 11 is 0. The highest BCUT2D eigenvalue weighted by molar-refractivity contribution is 5.93. The molecule has 0 spiro atoms. The van der Waals surface area contributed by atoms with E-state index in [2.05, 4.69) is 15.2 Å². The number of nitrogens with one attached hydrogen (secondary N) is 2. The van der Waals surface area contributed by atoms with Crippen molar-refractivity contribution >= 4 is 5.91 Å². The number of rotatable bonds is 13. The Kier molecular flexibility index (Phi) is 10.3. The van der Waals surface area contributed by atoms with Gasteiger partial charge in [-0.15, -0.1) is 0 Å². The molecule has 2 heterocycles. The van der Waals surface area contributed by atoms with Gasteiger partial charge in [-0.25, -0.2) is 4.79 Å². The molecule has 1 aromatic heterocycles. The molecular formula is C19H34N6O6. The number of carbonyl (C=O) groups excluding carboxylic acids is 1. The van der Waals surface area contributed by atoms with Crippen molar-refractivity contribution in [1.29, 1.82) is 0 Å². The number of H-pyrrole nitrogens is 1. The van der Waals surface area contributed by atoms with Gasteiger partial charge >= 0.3 is 5.69 Å². The van der Waals surface area contributed by atoms with Crippen LogP contribution >= 0.6 is 0 Å². The van der Waals surface area contributed by atoms with E-state index in [1.807, 2.05) is 0 Å². The number of aromatic nitrogens is 2. The summed E-state index contributed by atoms with van der Waals surface area (Å²) in [7, 11) is 0. The Morgan fingerprint density at radius 2 is 1.87 bits per heavy atom. The van der Waals surface area contributed by atoms with E-state index in [9.17, 15) is 24.6 Å². The van der Waals surface area contributed by atoms with Crippen molar-refractivity contribution in [3.05, 3.63) is 32.6 Å². The van der Waals surface area contributed by atoms with Crippen LogP contribution in [0.4, 0.5) is 0 Å². The van der Waals surface area contributed by atoms with Crippen molar-refractivity contribution in [3.8, 4) is 0 Å². The lowest BCUT2D eigenvalue weighted by Gasteiger charge is -2.21. The van der Waals surface area contributed by atoms with E-state index in [1.165, 1.54) is 0 Å². The Morgan fingerprint density at radius 1 is 1.23 bits per heavy atom. The van der Waals surface area contributed by atoms with Crippen LogP contribution in [0.25, 0.3) is 0 Å². The Bertz CT molecular complexity index is 804. The summed E-state index contributed by atoms with van der Waals surface area (Å²) in [5.74, 6) is -0.609. The van der Waals surface area contributed by atoms with Crippen LogP contribution in [0.3, 0.4) is 0 Å². The number of nitrogens with two attached hydrogens (primary N) is 2. The quantitative estimate of drug-likeness (QED) is 0.177. The van der Waals surface area contributed by atoms with Gasteiger partial charge in [-0.05, 0) is 52.0 Å². The predicted molar refractivity (Wildman–Crippen MR) is 114 cm³/mol. The summed E-state index contributed by atoms with van der Waals surface area (Å²) in [5, 5.41) is 21.8. The summed E-state index contributed by atoms with van der Waals surface area (Å²) in [6.45, 7) is 3.63. The first-order valence-electron chi connectivity index (χ1n) is 10.6. The summed E-state index contributed by atoms with van der Waals surface area (Å²) < 4.78 is 6.49. The Morgan fingerprint density at radius 3 is 2.45 bits per heavy atom. The highest BCUT2D eigenvalue weighted by Gasteiger charge is 2.35. The van der Waals surface area contributed by atoms with Gasteiger partial charge in [0.1, 0.15) is 17.9 Å². The van der Waals surface area contributed by atoms with Crippen LogP contribution in [0, 0.1) is 0 Å². The van der Waals surface area contributed by atoms with Crippen molar-refractivity contribution in [1.82, 2.24) is 19.8 Å². The van der Waals surface area contributed by atoms with Crippen molar-refractivity contribution in [3.63, 3.8) is 0 Å². The third kappa shape index (κ3) is 7.23. The number of hydrogen-bond acceptors (Lipinski definition) is 9. The summed E-state index contributed by atoms with van der Waals surface area (Å²) in [6, 6.07) is 0. The van der Waals surface area contributed by atoms with Crippen LogP contribution in [0.15, 0.2) is 15.8 Å². The zero-order valence-corrected chi connectivity index (χ0v) is 17.7. The fourth-order valence-corrected chi connectivity index (χ4v) is 3.48. The van der Waals surface area contributed by atoms with Crippen LogP contribution in [-0.4, -0.2) is 88.7 Å². The molecule has 0 aliphatic carbocycles. The van der Waals surface area contributed by atoms with Gasteiger partial charge in [0.25, 0.3) is 11.5 Å². The van der Waals surface area contributed by atoms with E-state index >= 15 is 0 Å². The fraction of sp³-hybridized carbons (Fsp3) is 0.737. The van der Waals surface area contributed by atoms with Crippen LogP contribution in [0.1, 0.15) is 42.3 Å². The molecule has 1 saturated heterocycles. The number of aromatic amines is 1. The first kappa shape index (κ1) is 25.2. The smallest absolute Gasteiger partial charge is 0.330 e. The molecule has 0 saturated carbocycles. The molecule has 1 amide bonds. The van der Waals surface area contributed by atoms with Crippen LogP contribution in [0.2, 0.25) is 0 Å². The van der Waals surface area contributed by atoms with Gasteiger partial charge in [0.15, 0.2) is 0 Å². The number of carbonyl (C=O) groups is 1. The second kappa shape index (κ2) is 12.7. The molecule has 8 N–H and O–H groups in total. The molecule has 176 valence electrons. The molecule has 3 atom stereocenters. The molecule has 2 rings (SSSR count). The van der Waals surface area contributed by atoms with Gasteiger partial charge in [0.05, 0.1) is 12.7 Å². The van der Waals surface area contributed by atoms with E-state index < -0.39 is 42.2 Å². The topological polar surface area (TPSA) is 189 Å². The average molecular weight is 443 g/mol. The molecule has 1 aliphatic rings. The van der Waals surface area contributed by atoms with Crippen molar-refractivity contribution < 1.29 is 19.7 Å². The van der Waals surface area contributed by atoms with Crippen molar-refractivity contribution in [2.75, 3.05) is 45.9 Å². The standard InChI is InChI=1S/C19H34N6O6/c20-4-1-7-24(8-2-5-21)9-3-6-22-17(28)13-11-25(19(30)23-18(13)29)16-10-14(27)15(12-26)31-16/h11,14-16,26-27H,1-10,12,20-21H2,(H,22,28)(H,23,29,30)/t14-,15+,16+/m0/s1. The lowest BCUT2D eigenvalue weighted by Crippen LogP contribution is -2.39. The molecule has 12 nitrogen and oxygen atoms in total. The zero-order valence-electron chi connectivity index (χ0n) is 17.7. The molecule has 0 bridgehead atoms. The van der Waals surface area contributed by atoms with Gasteiger partial charge in [-0.1, -0.05) is 0 Å². The Balaban J connectivity index is 1.95. The number of nitrogens with zero attached hydrogens (tertiary/aromatic N) is 2. The number of ether oxygens (including phenoxy) is 1. The lowest BCUT2D eigenvalue weighted by molar-refractivity contribution is -0.0459. The number of hydrogen-bond donors (Lipinski definition) is 6. The highest BCUT2D eigenvalue weighted by Crippen LogP contribution is 2.27. The molecule has 0 unspecified atom stereocenters. The van der Waals surface area contributed by atoms with E-state index in [4.69, 9.17) is 16.2 Å². The Labute approximate surface area is 180 Å². The molecule has 1 fully saturated rings. The maximum Gasteiger partial charge on any atom is 0.330 e. The number of amides is 1. The maximum absolute atomic E-state index is 12.5. The van der Waals surface area contributed by atoms with Crippen molar-refractivity contribution in [2.24, 2.45) is 11.5 Å². The summed E-state index contributed by atoms with van der Waals surface area (Å²) in [5.41, 5.74) is 9.35. The maximum atomic E-state index is 12.5. The SMILES string of the molecule is NCCCN(CCCN)CCCNC(=O)c1cn([C@H]2C[C@H](O)[C@@H](CO)O2)c(=O)[nH]c1=O.